The van der Waals surface area contributed by atoms with Gasteiger partial charge in [0.05, 0.1) is 33.6 Å². The van der Waals surface area contributed by atoms with Gasteiger partial charge in [0.2, 0.25) is 11.8 Å². The molecular weight excluding hydrogens is 658 g/mol. The lowest BCUT2D eigenvalue weighted by Crippen LogP contribution is -2.51. The van der Waals surface area contributed by atoms with Crippen molar-refractivity contribution in [3.63, 3.8) is 0 Å². The van der Waals surface area contributed by atoms with Crippen molar-refractivity contribution < 1.29 is 14.4 Å². The van der Waals surface area contributed by atoms with Crippen LogP contribution in [0.3, 0.4) is 0 Å². The third-order valence-electron chi connectivity index (χ3n) is 8.15. The third kappa shape index (κ3) is 7.31. The van der Waals surface area contributed by atoms with Gasteiger partial charge in [0.1, 0.15) is 22.9 Å². The molecule has 1 aliphatic rings. The van der Waals surface area contributed by atoms with E-state index in [1.165, 1.54) is 13.0 Å². The van der Waals surface area contributed by atoms with Crippen molar-refractivity contribution in [3.8, 4) is 0 Å². The number of piperazine rings is 1. The summed E-state index contributed by atoms with van der Waals surface area (Å²) in [5, 5.41) is 5.77. The number of carbonyl (C=O) groups is 3. The molecule has 254 valence electrons. The van der Waals surface area contributed by atoms with Crippen LogP contribution < -0.4 is 27.1 Å². The molecule has 0 atom stereocenters. The molecule has 52 heavy (non-hydrogen) atoms. The molecule has 5 heterocycles. The number of hydrogen-bond acceptors (Lipinski definition) is 8. The van der Waals surface area contributed by atoms with Gasteiger partial charge in [-0.15, -0.1) is 0 Å². The molecule has 0 saturated carbocycles. The van der Waals surface area contributed by atoms with Crippen molar-refractivity contribution in [1.29, 1.82) is 0 Å². The van der Waals surface area contributed by atoms with E-state index in [4.69, 9.17) is 0 Å². The maximum Gasteiger partial charge on any atom is 0.277 e. The average molecular weight is 688 g/mol. The maximum absolute atomic E-state index is 12.5. The van der Waals surface area contributed by atoms with Crippen molar-refractivity contribution in [1.82, 2.24) is 35.1 Å². The molecule has 8 rings (SSSR count). The van der Waals surface area contributed by atoms with Crippen molar-refractivity contribution in [2.45, 2.75) is 6.92 Å². The molecule has 12 heteroatoms. The number of aromatic nitrogens is 5. The molecule has 3 amide bonds. The molecule has 7 aromatic rings. The van der Waals surface area contributed by atoms with Crippen LogP contribution in [-0.2, 0) is 14.4 Å². The Morgan fingerprint density at radius 2 is 0.981 bits per heavy atom. The minimum absolute atomic E-state index is 0.0502. The van der Waals surface area contributed by atoms with Gasteiger partial charge in [0.15, 0.2) is 0 Å². The molecule has 3 aromatic carbocycles. The van der Waals surface area contributed by atoms with Gasteiger partial charge in [-0.3, -0.25) is 28.9 Å². The Hall–Kier alpha value is -7.34. The van der Waals surface area contributed by atoms with E-state index in [9.17, 15) is 24.0 Å². The number of nitrogens with one attached hydrogen (secondary N) is 3. The summed E-state index contributed by atoms with van der Waals surface area (Å²) in [5.74, 6) is -1.39. The number of benzene rings is 3. The summed E-state index contributed by atoms with van der Waals surface area (Å²) >= 11 is 0. The number of imide groups is 1. The lowest BCUT2D eigenvalue weighted by atomic mass is 10.1. The molecule has 0 aliphatic carbocycles. The van der Waals surface area contributed by atoms with E-state index in [0.717, 1.165) is 37.6 Å². The van der Waals surface area contributed by atoms with Crippen molar-refractivity contribution >= 4 is 68.7 Å². The summed E-state index contributed by atoms with van der Waals surface area (Å²) in [5.41, 5.74) is 3.37. The van der Waals surface area contributed by atoms with Crippen LogP contribution in [-0.4, -0.2) is 54.1 Å². The summed E-state index contributed by atoms with van der Waals surface area (Å²) < 4.78 is 0. The second kappa shape index (κ2) is 14.3. The van der Waals surface area contributed by atoms with Crippen LogP contribution in [0.5, 0.6) is 0 Å². The van der Waals surface area contributed by atoms with E-state index in [-0.39, 0.29) is 22.9 Å². The van der Waals surface area contributed by atoms with Crippen molar-refractivity contribution in [2.75, 3.05) is 6.54 Å². The predicted molar refractivity (Wildman–Crippen MR) is 198 cm³/mol. The molecule has 0 radical (unpaired) electrons. The Labute approximate surface area is 294 Å². The highest BCUT2D eigenvalue weighted by atomic mass is 16.2. The number of fused-ring (bicyclic) bond motifs is 3. The van der Waals surface area contributed by atoms with Crippen molar-refractivity contribution in [3.05, 3.63) is 163 Å². The van der Waals surface area contributed by atoms with Gasteiger partial charge in [-0.25, -0.2) is 15.0 Å². The first-order valence-corrected chi connectivity index (χ1v) is 16.2. The lowest BCUT2D eigenvalue weighted by molar-refractivity contribution is -0.147. The molecule has 1 fully saturated rings. The minimum atomic E-state index is -0.526. The van der Waals surface area contributed by atoms with Crippen LogP contribution in [0, 0.1) is 0 Å². The normalized spacial score (nSPS) is 14.5. The fraction of sp³-hybridized carbons (Fsp3) is 0.0500. The minimum Gasteiger partial charge on any atom is -0.320 e. The van der Waals surface area contributed by atoms with E-state index in [0.29, 0.717) is 17.1 Å². The number of carbonyl (C=O) groups excluding carboxylic acids is 3. The zero-order chi connectivity index (χ0) is 36.2. The fourth-order valence-electron chi connectivity index (χ4n) is 5.58. The molecular formula is C40H29N7O5. The van der Waals surface area contributed by atoms with Crippen LogP contribution in [0.1, 0.15) is 24.0 Å². The molecule has 0 unspecified atom stereocenters. The summed E-state index contributed by atoms with van der Waals surface area (Å²) in [4.78, 5) is 79.9. The number of amides is 3. The second-order valence-corrected chi connectivity index (χ2v) is 11.8. The van der Waals surface area contributed by atoms with Crippen molar-refractivity contribution in [2.24, 2.45) is 0 Å². The summed E-state index contributed by atoms with van der Waals surface area (Å²) in [6, 6.07) is 34.1. The molecule has 1 aliphatic heterocycles. The molecule has 0 spiro atoms. The highest BCUT2D eigenvalue weighted by molar-refractivity contribution is 6.12. The zero-order valence-corrected chi connectivity index (χ0v) is 27.7. The van der Waals surface area contributed by atoms with Crippen LogP contribution >= 0.6 is 0 Å². The number of rotatable bonds is 3. The standard InChI is InChI=1S/C24H16N4O2.C16H13N3O3/c29-23-21(13-17-11-9-15-5-1-3-7-19(15)25-17)27-24(30)22(28-23)14-18-12-10-16-6-2-4-8-20(16)26-18;1-10(20)19-9-15(21)18-14(16(19)22)8-12-7-6-11-4-2-3-5-13(11)17-12/h1-14H,(H,27,30)(H,28,29);2-8H,9H2,1H3,(H,18,21)/b21-13-,22-14-;14-8-. The number of pyridine rings is 3. The highest BCUT2D eigenvalue weighted by Gasteiger charge is 2.30. The summed E-state index contributed by atoms with van der Waals surface area (Å²) in [6.07, 6.45) is 4.59. The average Bonchev–Trinajstić information content (AvgIpc) is 3.15. The van der Waals surface area contributed by atoms with E-state index < -0.39 is 28.8 Å². The summed E-state index contributed by atoms with van der Waals surface area (Å²) in [6.45, 7) is 0.999. The van der Waals surface area contributed by atoms with Gasteiger partial charge in [-0.2, -0.15) is 0 Å². The smallest absolute Gasteiger partial charge is 0.277 e. The first-order chi connectivity index (χ1) is 25.2. The Bertz CT molecular complexity index is 2720. The van der Waals surface area contributed by atoms with E-state index in [2.05, 4.69) is 30.2 Å². The number of aromatic amines is 2. The monoisotopic (exact) mass is 687 g/mol. The number of para-hydroxylation sites is 3. The largest absolute Gasteiger partial charge is 0.320 e. The van der Waals surface area contributed by atoms with Crippen LogP contribution in [0.4, 0.5) is 0 Å². The molecule has 3 N–H and O–H groups in total. The second-order valence-electron chi connectivity index (χ2n) is 11.8. The van der Waals surface area contributed by atoms with Gasteiger partial charge in [0, 0.05) is 23.1 Å². The maximum atomic E-state index is 12.5. The number of hydrogen-bond donors (Lipinski definition) is 3. The van der Waals surface area contributed by atoms with Gasteiger partial charge in [0.25, 0.3) is 17.0 Å². The lowest BCUT2D eigenvalue weighted by Gasteiger charge is -2.25. The fourth-order valence-corrected chi connectivity index (χ4v) is 5.58. The first kappa shape index (κ1) is 33.2. The Morgan fingerprint density at radius 3 is 1.40 bits per heavy atom. The third-order valence-corrected chi connectivity index (χ3v) is 8.15. The van der Waals surface area contributed by atoms with Crippen LogP contribution in [0.25, 0.3) is 50.9 Å². The number of nitrogens with zero attached hydrogens (tertiary/aromatic N) is 4. The first-order valence-electron chi connectivity index (χ1n) is 16.2. The predicted octanol–water partition coefficient (Wildman–Crippen LogP) is 2.90. The van der Waals surface area contributed by atoms with E-state index in [1.807, 2.05) is 91.0 Å². The van der Waals surface area contributed by atoms with Crippen LogP contribution in [0.2, 0.25) is 0 Å². The summed E-state index contributed by atoms with van der Waals surface area (Å²) in [7, 11) is 0. The molecule has 1 saturated heterocycles. The molecule has 12 nitrogen and oxygen atoms in total. The number of H-pyrrole nitrogens is 2. The van der Waals surface area contributed by atoms with Gasteiger partial charge in [-0.05, 0) is 54.6 Å². The Kier molecular flexibility index (Phi) is 9.09. The quantitative estimate of drug-likeness (QED) is 0.238. The van der Waals surface area contributed by atoms with E-state index >= 15 is 0 Å². The zero-order valence-electron chi connectivity index (χ0n) is 27.7. The molecule has 0 bridgehead atoms. The van der Waals surface area contributed by atoms with Gasteiger partial charge >= 0.3 is 0 Å². The molecule has 4 aromatic heterocycles. The van der Waals surface area contributed by atoms with Gasteiger partial charge < -0.3 is 15.3 Å². The Balaban J connectivity index is 0.000000170. The highest BCUT2D eigenvalue weighted by Crippen LogP contribution is 2.16. The van der Waals surface area contributed by atoms with Gasteiger partial charge in [-0.1, -0.05) is 72.8 Å². The Morgan fingerprint density at radius 1 is 0.577 bits per heavy atom. The van der Waals surface area contributed by atoms with E-state index in [1.54, 1.807) is 30.4 Å². The topological polar surface area (TPSA) is 171 Å². The van der Waals surface area contributed by atoms with Crippen LogP contribution in [0.15, 0.2) is 124 Å². The SMILES string of the molecule is CC(=O)N1CC(=O)N/C(=C\c2ccc3ccccc3n2)C1=O.O=c1[nH]/c(=C\c2ccc3ccccc3n2)c(=O)[nH]/c1=C\c1ccc2ccccc2n1.